The van der Waals surface area contributed by atoms with Crippen LogP contribution >= 0.6 is 0 Å². The summed E-state index contributed by atoms with van der Waals surface area (Å²) in [4.78, 5) is 19.2. The number of likely N-dealkylation sites (tertiary alicyclic amines) is 1. The number of hydrogen-bond acceptors (Lipinski definition) is 5. The van der Waals surface area contributed by atoms with Gasteiger partial charge in [-0.3, -0.25) is 4.79 Å². The van der Waals surface area contributed by atoms with Gasteiger partial charge < -0.3 is 14.2 Å². The maximum atomic E-state index is 12.6. The maximum Gasteiger partial charge on any atom is 0.231 e. The third kappa shape index (κ3) is 4.84. The summed E-state index contributed by atoms with van der Waals surface area (Å²) in [5, 5.41) is 4.11. The minimum Gasteiger partial charge on any atom is -0.381 e. The Morgan fingerprint density at radius 1 is 1.12 bits per heavy atom. The van der Waals surface area contributed by atoms with Gasteiger partial charge in [-0.05, 0) is 50.4 Å². The molecular formula is C20H31N3O3. The normalized spacial score (nSPS) is 24.3. The van der Waals surface area contributed by atoms with E-state index < -0.39 is 0 Å². The third-order valence-corrected chi connectivity index (χ3v) is 6.07. The van der Waals surface area contributed by atoms with Gasteiger partial charge >= 0.3 is 0 Å². The van der Waals surface area contributed by atoms with E-state index in [0.29, 0.717) is 30.7 Å². The number of hydrogen-bond donors (Lipinski definition) is 0. The lowest BCUT2D eigenvalue weighted by atomic mass is 9.96. The molecule has 1 aliphatic heterocycles. The van der Waals surface area contributed by atoms with Crippen molar-refractivity contribution in [3.63, 3.8) is 0 Å². The standard InChI is InChI=1S/C20H31N3O3/c24-19(12-15-4-1-2-5-15)23-10-3-6-17(13-23)20-21-18(22-26-20)9-11-25-14-16-7-8-16/h15-17H,1-14H2. The van der Waals surface area contributed by atoms with Gasteiger partial charge in [0.1, 0.15) is 0 Å². The van der Waals surface area contributed by atoms with E-state index in [1.807, 2.05) is 4.90 Å². The summed E-state index contributed by atoms with van der Waals surface area (Å²) in [6.07, 6.45) is 11.1. The Balaban J connectivity index is 1.24. The minimum absolute atomic E-state index is 0.185. The molecule has 1 aromatic rings. The van der Waals surface area contributed by atoms with Crippen LogP contribution in [0.3, 0.4) is 0 Å². The maximum absolute atomic E-state index is 12.6. The van der Waals surface area contributed by atoms with Crippen LogP contribution in [0.1, 0.15) is 75.4 Å². The fraction of sp³-hybridized carbons (Fsp3) is 0.850. The van der Waals surface area contributed by atoms with Crippen molar-refractivity contribution < 1.29 is 14.1 Å². The van der Waals surface area contributed by atoms with Gasteiger partial charge in [0.25, 0.3) is 0 Å². The molecular weight excluding hydrogens is 330 g/mol. The molecule has 2 heterocycles. The average molecular weight is 361 g/mol. The third-order valence-electron chi connectivity index (χ3n) is 6.07. The Morgan fingerprint density at radius 2 is 1.96 bits per heavy atom. The summed E-state index contributed by atoms with van der Waals surface area (Å²) in [6, 6.07) is 0. The second-order valence-corrected chi connectivity index (χ2v) is 8.35. The van der Waals surface area contributed by atoms with Gasteiger partial charge in [-0.1, -0.05) is 18.0 Å². The van der Waals surface area contributed by atoms with Crippen LogP contribution in [-0.4, -0.2) is 47.3 Å². The zero-order valence-corrected chi connectivity index (χ0v) is 15.7. The number of aromatic nitrogens is 2. The Bertz CT molecular complexity index is 593. The van der Waals surface area contributed by atoms with Crippen molar-refractivity contribution in [1.82, 2.24) is 15.0 Å². The van der Waals surface area contributed by atoms with Crippen molar-refractivity contribution in [3.05, 3.63) is 11.7 Å². The fourth-order valence-corrected chi connectivity index (χ4v) is 4.23. The number of ether oxygens (including phenoxy) is 1. The zero-order chi connectivity index (χ0) is 17.8. The highest BCUT2D eigenvalue weighted by molar-refractivity contribution is 5.76. The van der Waals surface area contributed by atoms with E-state index in [1.165, 1.54) is 38.5 Å². The molecule has 6 heteroatoms. The Hall–Kier alpha value is -1.43. The molecule has 0 bridgehead atoms. The lowest BCUT2D eigenvalue weighted by Crippen LogP contribution is -2.39. The molecule has 6 nitrogen and oxygen atoms in total. The first kappa shape index (κ1) is 18.0. The lowest BCUT2D eigenvalue weighted by Gasteiger charge is -2.31. The quantitative estimate of drug-likeness (QED) is 0.664. The molecule has 1 aromatic heterocycles. The molecule has 1 unspecified atom stereocenters. The SMILES string of the molecule is O=C(CC1CCCC1)N1CCCC(c2nc(CCOCC3CC3)no2)C1. The summed E-state index contributed by atoms with van der Waals surface area (Å²) >= 11 is 0. The number of amides is 1. The first-order valence-electron chi connectivity index (χ1n) is 10.5. The Labute approximate surface area is 155 Å². The fourth-order valence-electron chi connectivity index (χ4n) is 4.23. The summed E-state index contributed by atoms with van der Waals surface area (Å²) < 4.78 is 11.2. The van der Waals surface area contributed by atoms with Crippen LogP contribution in [0.5, 0.6) is 0 Å². The highest BCUT2D eigenvalue weighted by Crippen LogP contribution is 2.31. The lowest BCUT2D eigenvalue weighted by molar-refractivity contribution is -0.133. The van der Waals surface area contributed by atoms with Crippen molar-refractivity contribution in [2.45, 2.75) is 70.1 Å². The highest BCUT2D eigenvalue weighted by atomic mass is 16.5. The monoisotopic (exact) mass is 361 g/mol. The smallest absolute Gasteiger partial charge is 0.231 e. The topological polar surface area (TPSA) is 68.5 Å². The van der Waals surface area contributed by atoms with Gasteiger partial charge in [0.2, 0.25) is 11.8 Å². The molecule has 2 aliphatic carbocycles. The molecule has 3 aliphatic rings. The molecule has 26 heavy (non-hydrogen) atoms. The average Bonchev–Trinajstić information content (AvgIpc) is 3.13. The molecule has 3 fully saturated rings. The van der Waals surface area contributed by atoms with E-state index >= 15 is 0 Å². The second kappa shape index (κ2) is 8.51. The van der Waals surface area contributed by atoms with E-state index in [2.05, 4.69) is 10.1 Å². The molecule has 1 saturated heterocycles. The van der Waals surface area contributed by atoms with E-state index in [0.717, 1.165) is 50.7 Å². The van der Waals surface area contributed by atoms with Crippen molar-refractivity contribution in [2.24, 2.45) is 11.8 Å². The van der Waals surface area contributed by atoms with Crippen molar-refractivity contribution in [1.29, 1.82) is 0 Å². The van der Waals surface area contributed by atoms with Crippen LogP contribution in [0.25, 0.3) is 0 Å². The number of piperidine rings is 1. The molecule has 0 spiro atoms. The Kier molecular flexibility index (Phi) is 5.88. The summed E-state index contributed by atoms with van der Waals surface area (Å²) in [5.74, 6) is 3.31. The van der Waals surface area contributed by atoms with Gasteiger partial charge in [0.05, 0.1) is 12.5 Å². The van der Waals surface area contributed by atoms with Crippen LogP contribution in [-0.2, 0) is 16.0 Å². The first-order chi connectivity index (χ1) is 12.8. The van der Waals surface area contributed by atoms with Crippen LogP contribution in [0.2, 0.25) is 0 Å². The van der Waals surface area contributed by atoms with Crippen molar-refractivity contribution in [3.8, 4) is 0 Å². The molecule has 4 rings (SSSR count). The second-order valence-electron chi connectivity index (χ2n) is 8.35. The molecule has 2 saturated carbocycles. The van der Waals surface area contributed by atoms with Gasteiger partial charge in [0, 0.05) is 32.5 Å². The predicted octanol–water partition coefficient (Wildman–Crippen LogP) is 3.33. The largest absolute Gasteiger partial charge is 0.381 e. The first-order valence-corrected chi connectivity index (χ1v) is 10.5. The van der Waals surface area contributed by atoms with Crippen LogP contribution in [0.4, 0.5) is 0 Å². The van der Waals surface area contributed by atoms with Crippen LogP contribution < -0.4 is 0 Å². The van der Waals surface area contributed by atoms with E-state index in [9.17, 15) is 4.79 Å². The molecule has 1 atom stereocenters. The van der Waals surface area contributed by atoms with Crippen LogP contribution in [0.15, 0.2) is 4.52 Å². The van der Waals surface area contributed by atoms with E-state index in [1.54, 1.807) is 0 Å². The van der Waals surface area contributed by atoms with Crippen molar-refractivity contribution >= 4 is 5.91 Å². The molecule has 0 N–H and O–H groups in total. The summed E-state index contributed by atoms with van der Waals surface area (Å²) in [7, 11) is 0. The number of nitrogens with zero attached hydrogens (tertiary/aromatic N) is 3. The van der Waals surface area contributed by atoms with Gasteiger partial charge in [-0.25, -0.2) is 0 Å². The zero-order valence-electron chi connectivity index (χ0n) is 15.7. The molecule has 0 aromatic carbocycles. The van der Waals surface area contributed by atoms with E-state index in [-0.39, 0.29) is 5.92 Å². The summed E-state index contributed by atoms with van der Waals surface area (Å²) in [6.45, 7) is 3.13. The van der Waals surface area contributed by atoms with Gasteiger partial charge in [0.15, 0.2) is 5.82 Å². The summed E-state index contributed by atoms with van der Waals surface area (Å²) in [5.41, 5.74) is 0. The van der Waals surface area contributed by atoms with Crippen LogP contribution in [0, 0.1) is 11.8 Å². The minimum atomic E-state index is 0.185. The van der Waals surface area contributed by atoms with Gasteiger partial charge in [-0.15, -0.1) is 0 Å². The number of carbonyl (C=O) groups is 1. The molecule has 1 amide bonds. The Morgan fingerprint density at radius 3 is 2.77 bits per heavy atom. The van der Waals surface area contributed by atoms with Gasteiger partial charge in [-0.2, -0.15) is 4.98 Å². The van der Waals surface area contributed by atoms with Crippen molar-refractivity contribution in [2.75, 3.05) is 26.3 Å². The number of rotatable bonds is 8. The highest BCUT2D eigenvalue weighted by Gasteiger charge is 2.30. The predicted molar refractivity (Wildman–Crippen MR) is 96.7 cm³/mol. The molecule has 0 radical (unpaired) electrons. The van der Waals surface area contributed by atoms with E-state index in [4.69, 9.17) is 9.26 Å². The molecule has 144 valence electrons. The number of carbonyl (C=O) groups excluding carboxylic acids is 1.